The van der Waals surface area contributed by atoms with Crippen LogP contribution in [-0.4, -0.2) is 35.9 Å². The van der Waals surface area contributed by atoms with Crippen molar-refractivity contribution in [2.24, 2.45) is 5.73 Å². The second-order valence-corrected chi connectivity index (χ2v) is 7.20. The van der Waals surface area contributed by atoms with Gasteiger partial charge in [0.2, 0.25) is 0 Å². The number of benzene rings is 2. The molecule has 0 aromatic heterocycles. The van der Waals surface area contributed by atoms with Crippen LogP contribution in [0, 0.1) is 0 Å². The van der Waals surface area contributed by atoms with Gasteiger partial charge in [-0.15, -0.1) is 0 Å². The Bertz CT molecular complexity index is 852. The molecule has 1 aliphatic heterocycles. The minimum absolute atomic E-state index is 0.121. The van der Waals surface area contributed by atoms with Crippen LogP contribution < -0.4 is 11.2 Å². The summed E-state index contributed by atoms with van der Waals surface area (Å²) in [4.78, 5) is 0. The monoisotopic (exact) mass is 411 g/mol. The summed E-state index contributed by atoms with van der Waals surface area (Å²) < 4.78 is 40.1. The average molecular weight is 412 g/mol. The Hall–Kier alpha value is -2.06. The highest BCUT2D eigenvalue weighted by Gasteiger charge is 2.47. The van der Waals surface area contributed by atoms with Crippen LogP contribution in [0.25, 0.3) is 5.57 Å². The van der Waals surface area contributed by atoms with Gasteiger partial charge in [0.1, 0.15) is 5.60 Å². The number of aliphatic hydroxyl groups is 1. The molecule has 0 amide bonds. The summed E-state index contributed by atoms with van der Waals surface area (Å²) in [6.45, 7) is 0.233. The van der Waals surface area contributed by atoms with Gasteiger partial charge in [-0.3, -0.25) is 0 Å². The number of hydrogen-bond donors (Lipinski definition) is 3. The number of nitrogens with zero attached hydrogens (tertiary/aromatic N) is 1. The number of halogens is 4. The number of rotatable bonds is 5. The second kappa shape index (κ2) is 7.75. The van der Waals surface area contributed by atoms with Gasteiger partial charge in [-0.2, -0.15) is 13.2 Å². The van der Waals surface area contributed by atoms with E-state index in [0.29, 0.717) is 21.7 Å². The predicted octanol–water partition coefficient (Wildman–Crippen LogP) is 3.65. The van der Waals surface area contributed by atoms with E-state index in [1.165, 1.54) is 13.2 Å². The van der Waals surface area contributed by atoms with Gasteiger partial charge in [-0.05, 0) is 41.8 Å². The summed E-state index contributed by atoms with van der Waals surface area (Å²) in [6, 6.07) is 11.5. The molecule has 4 nitrogen and oxygen atoms in total. The lowest BCUT2D eigenvalue weighted by Crippen LogP contribution is -2.44. The number of nitrogens with two attached hydrogens (primary N) is 1. The van der Waals surface area contributed by atoms with Crippen LogP contribution >= 0.6 is 11.6 Å². The third-order valence-electron chi connectivity index (χ3n) is 4.94. The lowest BCUT2D eigenvalue weighted by molar-refractivity contribution is -0.165. The SMILES string of the molecule is CN1NC=C(c2ccc(C(O)(CCN)c3ccc(Cl)cc3)cc2)C1C(F)(F)F. The van der Waals surface area contributed by atoms with E-state index >= 15 is 0 Å². The van der Waals surface area contributed by atoms with Crippen LogP contribution in [0.4, 0.5) is 13.2 Å². The molecule has 0 fully saturated rings. The highest BCUT2D eigenvalue weighted by molar-refractivity contribution is 6.30. The quantitative estimate of drug-likeness (QED) is 0.703. The second-order valence-electron chi connectivity index (χ2n) is 6.77. The first-order valence-electron chi connectivity index (χ1n) is 8.72. The van der Waals surface area contributed by atoms with Crippen molar-refractivity contribution < 1.29 is 18.3 Å². The number of nitrogens with one attached hydrogen (secondary N) is 1. The molecule has 8 heteroatoms. The van der Waals surface area contributed by atoms with Crippen molar-refractivity contribution >= 4 is 17.2 Å². The summed E-state index contributed by atoms with van der Waals surface area (Å²) in [7, 11) is 1.34. The van der Waals surface area contributed by atoms with Crippen molar-refractivity contribution in [1.82, 2.24) is 10.4 Å². The van der Waals surface area contributed by atoms with Gasteiger partial charge in [-0.25, -0.2) is 5.01 Å². The van der Waals surface area contributed by atoms with E-state index in [1.807, 2.05) is 0 Å². The van der Waals surface area contributed by atoms with Gasteiger partial charge in [0.25, 0.3) is 0 Å². The van der Waals surface area contributed by atoms with E-state index in [-0.39, 0.29) is 18.5 Å². The zero-order valence-corrected chi connectivity index (χ0v) is 15.9. The molecule has 2 aromatic carbocycles. The molecule has 2 unspecified atom stereocenters. The zero-order valence-electron chi connectivity index (χ0n) is 15.2. The summed E-state index contributed by atoms with van der Waals surface area (Å²) in [5.41, 5.74) is 8.64. The molecule has 28 heavy (non-hydrogen) atoms. The van der Waals surface area contributed by atoms with Crippen LogP contribution in [0.15, 0.2) is 54.7 Å². The highest BCUT2D eigenvalue weighted by Crippen LogP contribution is 2.38. The maximum absolute atomic E-state index is 13.4. The van der Waals surface area contributed by atoms with Crippen LogP contribution in [0.1, 0.15) is 23.1 Å². The normalized spacial score (nSPS) is 19.8. The molecule has 3 rings (SSSR count). The molecule has 150 valence electrons. The maximum Gasteiger partial charge on any atom is 0.409 e. The smallest absolute Gasteiger partial charge is 0.380 e. The highest BCUT2D eigenvalue weighted by atomic mass is 35.5. The largest absolute Gasteiger partial charge is 0.409 e. The fourth-order valence-corrected chi connectivity index (χ4v) is 3.62. The Labute approximate surface area is 166 Å². The predicted molar refractivity (Wildman–Crippen MR) is 103 cm³/mol. The van der Waals surface area contributed by atoms with Crippen LogP contribution in [0.5, 0.6) is 0 Å². The van der Waals surface area contributed by atoms with E-state index in [0.717, 1.165) is 5.01 Å². The van der Waals surface area contributed by atoms with Crippen molar-refractivity contribution in [3.05, 3.63) is 76.4 Å². The molecular formula is C20H21ClF3N3O. The Morgan fingerprint density at radius 3 is 2.11 bits per heavy atom. The molecule has 0 saturated heterocycles. The standard InChI is InChI=1S/C20H21ClF3N3O/c1-27-18(20(22,23)24)17(12-26-27)13-2-4-14(5-3-13)19(28,10-11-25)15-6-8-16(21)9-7-15/h2-9,12,18,26,28H,10-11,25H2,1H3. The summed E-state index contributed by atoms with van der Waals surface area (Å²) >= 11 is 5.93. The molecule has 0 aliphatic carbocycles. The first-order chi connectivity index (χ1) is 13.2. The van der Waals surface area contributed by atoms with Gasteiger partial charge in [0.05, 0.1) is 0 Å². The van der Waals surface area contributed by atoms with E-state index in [2.05, 4.69) is 5.43 Å². The van der Waals surface area contributed by atoms with Crippen LogP contribution in [0.3, 0.4) is 0 Å². The van der Waals surface area contributed by atoms with Gasteiger partial charge in [0.15, 0.2) is 6.04 Å². The minimum atomic E-state index is -4.41. The molecule has 1 heterocycles. The molecule has 0 radical (unpaired) electrons. The first-order valence-corrected chi connectivity index (χ1v) is 9.10. The lowest BCUT2D eigenvalue weighted by atomic mass is 9.83. The van der Waals surface area contributed by atoms with E-state index in [1.54, 1.807) is 48.5 Å². The van der Waals surface area contributed by atoms with Gasteiger partial charge < -0.3 is 16.3 Å². The van der Waals surface area contributed by atoms with Crippen LogP contribution in [-0.2, 0) is 5.60 Å². The zero-order chi connectivity index (χ0) is 20.5. The molecule has 2 aromatic rings. The number of alkyl halides is 3. The van der Waals surface area contributed by atoms with Crippen molar-refractivity contribution in [3.63, 3.8) is 0 Å². The fourth-order valence-electron chi connectivity index (χ4n) is 3.50. The van der Waals surface area contributed by atoms with Crippen LogP contribution in [0.2, 0.25) is 5.02 Å². The lowest BCUT2D eigenvalue weighted by Gasteiger charge is -2.29. The summed E-state index contributed by atoms with van der Waals surface area (Å²) in [5.74, 6) is 0. The molecule has 0 saturated carbocycles. The third-order valence-corrected chi connectivity index (χ3v) is 5.19. The topological polar surface area (TPSA) is 61.5 Å². The van der Waals surface area contributed by atoms with Gasteiger partial charge in [0, 0.05) is 23.8 Å². The summed E-state index contributed by atoms with van der Waals surface area (Å²) in [6.07, 6.45) is -2.81. The van der Waals surface area contributed by atoms with Gasteiger partial charge >= 0.3 is 6.18 Å². The Morgan fingerprint density at radius 1 is 1.07 bits per heavy atom. The molecule has 2 atom stereocenters. The summed E-state index contributed by atoms with van der Waals surface area (Å²) in [5, 5.41) is 12.8. The molecule has 1 aliphatic rings. The maximum atomic E-state index is 13.4. The van der Waals surface area contributed by atoms with E-state index in [9.17, 15) is 18.3 Å². The molecule has 0 bridgehead atoms. The van der Waals surface area contributed by atoms with E-state index < -0.39 is 17.8 Å². The van der Waals surface area contributed by atoms with Crippen molar-refractivity contribution in [1.29, 1.82) is 0 Å². The average Bonchev–Trinajstić information content (AvgIpc) is 3.04. The van der Waals surface area contributed by atoms with Crippen molar-refractivity contribution in [2.75, 3.05) is 13.6 Å². The van der Waals surface area contributed by atoms with Gasteiger partial charge in [-0.1, -0.05) is 48.0 Å². The minimum Gasteiger partial charge on any atom is -0.380 e. The fraction of sp³-hybridized carbons (Fsp3) is 0.300. The van der Waals surface area contributed by atoms with Crippen molar-refractivity contribution in [2.45, 2.75) is 24.2 Å². The number of hydrazine groups is 1. The first kappa shape index (κ1) is 20.7. The molecule has 0 spiro atoms. The Morgan fingerprint density at radius 2 is 1.61 bits per heavy atom. The molecule has 4 N–H and O–H groups in total. The Kier molecular flexibility index (Phi) is 5.72. The number of hydrogen-bond acceptors (Lipinski definition) is 4. The third kappa shape index (κ3) is 3.89. The molecular weight excluding hydrogens is 391 g/mol. The Balaban J connectivity index is 1.95. The van der Waals surface area contributed by atoms with E-state index in [4.69, 9.17) is 17.3 Å². The van der Waals surface area contributed by atoms with Crippen molar-refractivity contribution in [3.8, 4) is 0 Å². The number of likely N-dealkylation sites (N-methyl/N-ethyl adjacent to an activating group) is 1.